The molecule has 0 amide bonds. The lowest BCUT2D eigenvalue weighted by molar-refractivity contribution is 0.250. The Morgan fingerprint density at radius 1 is 1.42 bits per heavy atom. The number of nitrogens with zero attached hydrogens (tertiary/aromatic N) is 1. The number of nitrogen functional groups attached to an aromatic ring is 1. The molecule has 106 valence electrons. The minimum atomic E-state index is -3.55. The van der Waals surface area contributed by atoms with Crippen LogP contribution in [0.25, 0.3) is 0 Å². The lowest BCUT2D eigenvalue weighted by Gasteiger charge is -2.31. The molecule has 0 bridgehead atoms. The lowest BCUT2D eigenvalue weighted by Crippen LogP contribution is -2.37. The Morgan fingerprint density at radius 2 is 2.11 bits per heavy atom. The first-order chi connectivity index (χ1) is 8.95. The molecule has 0 spiro atoms. The van der Waals surface area contributed by atoms with E-state index in [9.17, 15) is 8.42 Å². The number of hydrogen-bond acceptors (Lipinski definition) is 3. The number of benzene rings is 1. The van der Waals surface area contributed by atoms with Gasteiger partial charge in [0.05, 0.1) is 5.02 Å². The highest BCUT2D eigenvalue weighted by molar-refractivity contribution is 7.89. The molecule has 0 aliphatic heterocycles. The quantitative estimate of drug-likeness (QED) is 0.851. The summed E-state index contributed by atoms with van der Waals surface area (Å²) in [6.45, 7) is 2.87. The van der Waals surface area contributed by atoms with Crippen molar-refractivity contribution in [3.63, 3.8) is 0 Å². The van der Waals surface area contributed by atoms with Crippen molar-refractivity contribution in [2.75, 3.05) is 18.8 Å². The van der Waals surface area contributed by atoms with Crippen LogP contribution >= 0.6 is 11.6 Å². The highest BCUT2D eigenvalue weighted by Gasteiger charge is 2.29. The molecule has 2 N–H and O–H groups in total. The second-order valence-electron chi connectivity index (χ2n) is 4.94. The van der Waals surface area contributed by atoms with Crippen molar-refractivity contribution >= 4 is 27.3 Å². The van der Waals surface area contributed by atoms with Crippen LogP contribution in [0.2, 0.25) is 5.02 Å². The lowest BCUT2D eigenvalue weighted by atomic mass is 9.85. The van der Waals surface area contributed by atoms with Crippen LogP contribution in [-0.2, 0) is 10.0 Å². The molecule has 19 heavy (non-hydrogen) atoms. The maximum Gasteiger partial charge on any atom is 0.244 e. The number of halogens is 1. The SMILES string of the molecule is CCN(CC1CCC1)S(=O)(=O)c1cc(N)ccc1Cl. The molecule has 4 nitrogen and oxygen atoms in total. The van der Waals surface area contributed by atoms with Crippen molar-refractivity contribution in [2.45, 2.75) is 31.1 Å². The van der Waals surface area contributed by atoms with Crippen LogP contribution in [0.15, 0.2) is 23.1 Å². The van der Waals surface area contributed by atoms with Gasteiger partial charge in [-0.2, -0.15) is 4.31 Å². The van der Waals surface area contributed by atoms with Crippen LogP contribution in [0.4, 0.5) is 5.69 Å². The van der Waals surface area contributed by atoms with Crippen molar-refractivity contribution in [1.82, 2.24) is 4.31 Å². The third-order valence-corrected chi connectivity index (χ3v) is 6.03. The van der Waals surface area contributed by atoms with E-state index >= 15 is 0 Å². The topological polar surface area (TPSA) is 63.4 Å². The van der Waals surface area contributed by atoms with Crippen molar-refractivity contribution in [2.24, 2.45) is 5.92 Å². The molecule has 1 aromatic carbocycles. The average Bonchev–Trinajstić information content (AvgIpc) is 2.30. The third kappa shape index (κ3) is 3.04. The molecule has 0 aromatic heterocycles. The zero-order valence-corrected chi connectivity index (χ0v) is 12.5. The first kappa shape index (κ1) is 14.6. The molecule has 1 fully saturated rings. The standard InChI is InChI=1S/C13H19ClN2O2S/c1-2-16(9-10-4-3-5-10)19(17,18)13-8-11(15)6-7-12(13)14/h6-8,10H,2-5,9,15H2,1H3. The van der Waals surface area contributed by atoms with E-state index in [1.165, 1.54) is 22.9 Å². The van der Waals surface area contributed by atoms with Gasteiger partial charge in [-0.15, -0.1) is 0 Å². The maximum atomic E-state index is 12.6. The Labute approximate surface area is 119 Å². The van der Waals surface area contributed by atoms with Gasteiger partial charge in [0.15, 0.2) is 0 Å². The Bertz CT molecular complexity index is 556. The number of nitrogens with two attached hydrogens (primary N) is 1. The van der Waals surface area contributed by atoms with E-state index in [4.69, 9.17) is 17.3 Å². The highest BCUT2D eigenvalue weighted by atomic mass is 35.5. The Balaban J connectivity index is 2.30. The van der Waals surface area contributed by atoms with Crippen molar-refractivity contribution in [3.05, 3.63) is 23.2 Å². The maximum absolute atomic E-state index is 12.6. The molecule has 1 aromatic rings. The minimum Gasteiger partial charge on any atom is -0.399 e. The molecule has 2 rings (SSSR count). The van der Waals surface area contributed by atoms with Crippen LogP contribution in [-0.4, -0.2) is 25.8 Å². The van der Waals surface area contributed by atoms with Gasteiger partial charge >= 0.3 is 0 Å². The molecule has 1 saturated carbocycles. The summed E-state index contributed by atoms with van der Waals surface area (Å²) in [6, 6.07) is 4.56. The molecule has 1 aliphatic carbocycles. The second-order valence-corrected chi connectivity index (χ2v) is 7.26. The van der Waals surface area contributed by atoms with Gasteiger partial charge in [-0.25, -0.2) is 8.42 Å². The normalized spacial score (nSPS) is 16.6. The molecule has 0 atom stereocenters. The van der Waals surface area contributed by atoms with Gasteiger partial charge < -0.3 is 5.73 Å². The summed E-state index contributed by atoms with van der Waals surface area (Å²) in [6.07, 6.45) is 3.41. The zero-order valence-electron chi connectivity index (χ0n) is 11.0. The predicted octanol–water partition coefficient (Wildman–Crippen LogP) is 2.73. The number of rotatable bonds is 5. The zero-order chi connectivity index (χ0) is 14.0. The van der Waals surface area contributed by atoms with E-state index in [-0.39, 0.29) is 9.92 Å². The summed E-state index contributed by atoms with van der Waals surface area (Å²) in [4.78, 5) is 0.107. The van der Waals surface area contributed by atoms with Crippen molar-refractivity contribution in [1.29, 1.82) is 0 Å². The molecule has 0 unspecified atom stereocenters. The van der Waals surface area contributed by atoms with Gasteiger partial charge in [-0.1, -0.05) is 24.9 Å². The van der Waals surface area contributed by atoms with Crippen molar-refractivity contribution in [3.8, 4) is 0 Å². The van der Waals surface area contributed by atoms with E-state index in [0.29, 0.717) is 24.7 Å². The van der Waals surface area contributed by atoms with Crippen LogP contribution in [0.5, 0.6) is 0 Å². The van der Waals surface area contributed by atoms with Gasteiger partial charge in [0.1, 0.15) is 4.90 Å². The Morgan fingerprint density at radius 3 is 2.63 bits per heavy atom. The van der Waals surface area contributed by atoms with Crippen LogP contribution in [0.3, 0.4) is 0 Å². The molecule has 1 aliphatic rings. The predicted molar refractivity (Wildman–Crippen MR) is 77.6 cm³/mol. The minimum absolute atomic E-state index is 0.107. The van der Waals surface area contributed by atoms with E-state index in [1.807, 2.05) is 6.92 Å². The molecular formula is C13H19ClN2O2S. The van der Waals surface area contributed by atoms with Crippen LogP contribution in [0.1, 0.15) is 26.2 Å². The summed E-state index contributed by atoms with van der Waals surface area (Å²) in [5.41, 5.74) is 6.07. The van der Waals surface area contributed by atoms with Crippen molar-refractivity contribution < 1.29 is 8.42 Å². The molecular weight excluding hydrogens is 284 g/mol. The van der Waals surface area contributed by atoms with E-state index in [1.54, 1.807) is 6.07 Å². The second kappa shape index (κ2) is 5.69. The first-order valence-electron chi connectivity index (χ1n) is 6.50. The molecule has 0 radical (unpaired) electrons. The fourth-order valence-corrected chi connectivity index (χ4v) is 4.25. The summed E-state index contributed by atoms with van der Waals surface area (Å²) in [7, 11) is -3.55. The molecule has 0 heterocycles. The summed E-state index contributed by atoms with van der Waals surface area (Å²) >= 11 is 6.00. The first-order valence-corrected chi connectivity index (χ1v) is 8.32. The number of hydrogen-bond donors (Lipinski definition) is 1. The largest absolute Gasteiger partial charge is 0.399 e. The smallest absolute Gasteiger partial charge is 0.244 e. The number of anilines is 1. The van der Waals surface area contributed by atoms with Gasteiger partial charge in [-0.3, -0.25) is 0 Å². The van der Waals surface area contributed by atoms with Crippen LogP contribution in [0, 0.1) is 5.92 Å². The number of sulfonamides is 1. The average molecular weight is 303 g/mol. The Hall–Kier alpha value is -0.780. The fourth-order valence-electron chi connectivity index (χ4n) is 2.22. The molecule has 6 heteroatoms. The van der Waals surface area contributed by atoms with Crippen LogP contribution < -0.4 is 5.73 Å². The van der Waals surface area contributed by atoms with E-state index < -0.39 is 10.0 Å². The summed E-state index contributed by atoms with van der Waals surface area (Å²) in [5, 5.41) is 0.223. The highest BCUT2D eigenvalue weighted by Crippen LogP contribution is 2.31. The van der Waals surface area contributed by atoms with E-state index in [2.05, 4.69) is 0 Å². The van der Waals surface area contributed by atoms with Gasteiger partial charge in [0, 0.05) is 18.8 Å². The molecule has 0 saturated heterocycles. The Kier molecular flexibility index (Phi) is 4.38. The van der Waals surface area contributed by atoms with E-state index in [0.717, 1.165) is 12.8 Å². The monoisotopic (exact) mass is 302 g/mol. The van der Waals surface area contributed by atoms with Gasteiger partial charge in [0.2, 0.25) is 10.0 Å². The third-order valence-electron chi connectivity index (χ3n) is 3.61. The summed E-state index contributed by atoms with van der Waals surface area (Å²) < 4.78 is 26.7. The van der Waals surface area contributed by atoms with Gasteiger partial charge in [-0.05, 0) is 37.0 Å². The summed E-state index contributed by atoms with van der Waals surface area (Å²) in [5.74, 6) is 0.481. The van der Waals surface area contributed by atoms with Gasteiger partial charge in [0.25, 0.3) is 0 Å². The fraction of sp³-hybridized carbons (Fsp3) is 0.538.